The Balaban J connectivity index is 2.60. The highest BCUT2D eigenvalue weighted by molar-refractivity contribution is 9.10. The van der Waals surface area contributed by atoms with Crippen molar-refractivity contribution in [2.75, 3.05) is 33.9 Å². The topological polar surface area (TPSA) is 58.6 Å². The third-order valence-corrected chi connectivity index (χ3v) is 3.10. The molecule has 20 heavy (non-hydrogen) atoms. The first-order chi connectivity index (χ1) is 9.43. The van der Waals surface area contributed by atoms with E-state index in [1.165, 1.54) is 4.90 Å². The Bertz CT molecular complexity index is 471. The molecule has 0 aliphatic rings. The average molecular weight is 343 g/mol. The molecule has 0 unspecified atom stereocenters. The third kappa shape index (κ3) is 5.30. The summed E-state index contributed by atoms with van der Waals surface area (Å²) in [5.41, 5.74) is 1.55. The van der Waals surface area contributed by atoms with Crippen molar-refractivity contribution in [3.05, 3.63) is 33.8 Å². The number of aryl methyl sites for hydroxylation is 1. The van der Waals surface area contributed by atoms with Crippen LogP contribution in [0.4, 0.5) is 0 Å². The number of carbonyl (C=O) groups is 2. The van der Waals surface area contributed by atoms with Gasteiger partial charge < -0.3 is 15.0 Å². The largest absolute Gasteiger partial charge is 0.383 e. The Kier molecular flexibility index (Phi) is 6.67. The second-order valence-corrected chi connectivity index (χ2v) is 5.44. The molecule has 110 valence electrons. The van der Waals surface area contributed by atoms with Gasteiger partial charge in [0.15, 0.2) is 0 Å². The van der Waals surface area contributed by atoms with Crippen LogP contribution in [0.1, 0.15) is 15.9 Å². The van der Waals surface area contributed by atoms with Gasteiger partial charge in [-0.15, -0.1) is 0 Å². The van der Waals surface area contributed by atoms with Crippen molar-refractivity contribution in [3.8, 4) is 0 Å². The van der Waals surface area contributed by atoms with E-state index in [-0.39, 0.29) is 18.4 Å². The van der Waals surface area contributed by atoms with E-state index in [0.717, 1.165) is 10.0 Å². The maximum Gasteiger partial charge on any atom is 0.254 e. The minimum Gasteiger partial charge on any atom is -0.383 e. The molecule has 0 fully saturated rings. The van der Waals surface area contributed by atoms with Gasteiger partial charge in [0.05, 0.1) is 13.2 Å². The zero-order chi connectivity index (χ0) is 15.1. The second-order valence-electron chi connectivity index (χ2n) is 4.52. The Morgan fingerprint density at radius 3 is 2.65 bits per heavy atom. The quantitative estimate of drug-likeness (QED) is 0.798. The zero-order valence-corrected chi connectivity index (χ0v) is 13.5. The first kappa shape index (κ1) is 16.7. The molecule has 0 atom stereocenters. The van der Waals surface area contributed by atoms with Gasteiger partial charge in [0.2, 0.25) is 5.91 Å². The number of amides is 2. The number of rotatable bonds is 6. The predicted molar refractivity (Wildman–Crippen MR) is 80.7 cm³/mol. The highest BCUT2D eigenvalue weighted by Crippen LogP contribution is 2.16. The molecule has 0 saturated carbocycles. The van der Waals surface area contributed by atoms with Crippen molar-refractivity contribution in [3.63, 3.8) is 0 Å². The van der Waals surface area contributed by atoms with Crippen LogP contribution in [0, 0.1) is 6.92 Å². The predicted octanol–water partition coefficient (Wildman–Crippen LogP) is 1.59. The molecule has 0 heterocycles. The van der Waals surface area contributed by atoms with Gasteiger partial charge in [-0.25, -0.2) is 0 Å². The van der Waals surface area contributed by atoms with E-state index >= 15 is 0 Å². The first-order valence-electron chi connectivity index (χ1n) is 6.22. The Morgan fingerprint density at radius 2 is 2.05 bits per heavy atom. The maximum atomic E-state index is 12.2. The molecule has 1 aromatic rings. The summed E-state index contributed by atoms with van der Waals surface area (Å²) in [7, 11) is 3.17. The molecular weight excluding hydrogens is 324 g/mol. The van der Waals surface area contributed by atoms with Crippen LogP contribution in [0.5, 0.6) is 0 Å². The molecule has 1 N–H and O–H groups in total. The normalized spacial score (nSPS) is 10.2. The fraction of sp³-hybridized carbons (Fsp3) is 0.429. The molecular formula is C14H19BrN2O3. The van der Waals surface area contributed by atoms with Gasteiger partial charge >= 0.3 is 0 Å². The third-order valence-electron chi connectivity index (χ3n) is 2.64. The maximum absolute atomic E-state index is 12.2. The Morgan fingerprint density at radius 1 is 1.35 bits per heavy atom. The summed E-state index contributed by atoms with van der Waals surface area (Å²) < 4.78 is 5.69. The van der Waals surface area contributed by atoms with Gasteiger partial charge in [0.25, 0.3) is 5.91 Å². The number of halogens is 1. The van der Waals surface area contributed by atoms with Gasteiger partial charge in [-0.2, -0.15) is 0 Å². The molecule has 0 aromatic heterocycles. The van der Waals surface area contributed by atoms with Crippen LogP contribution in [0.15, 0.2) is 22.7 Å². The summed E-state index contributed by atoms with van der Waals surface area (Å²) in [5, 5.41) is 2.68. The van der Waals surface area contributed by atoms with Gasteiger partial charge in [-0.1, -0.05) is 15.9 Å². The van der Waals surface area contributed by atoms with E-state index in [1.54, 1.807) is 26.3 Å². The standard InChI is InChI=1S/C14H19BrN2O3/c1-10-6-11(8-12(15)7-10)14(19)17(2)9-13(18)16-4-5-20-3/h6-8H,4-5,9H2,1-3H3,(H,16,18). The fourth-order valence-corrected chi connectivity index (χ4v) is 2.32. The number of nitrogens with one attached hydrogen (secondary N) is 1. The number of hydrogen-bond donors (Lipinski definition) is 1. The van der Waals surface area contributed by atoms with Crippen molar-refractivity contribution in [1.29, 1.82) is 0 Å². The molecule has 0 spiro atoms. The van der Waals surface area contributed by atoms with Crippen LogP contribution in [-0.4, -0.2) is 50.6 Å². The number of benzene rings is 1. The van der Waals surface area contributed by atoms with Crippen LogP contribution < -0.4 is 5.32 Å². The van der Waals surface area contributed by atoms with Gasteiger partial charge in [-0.05, 0) is 30.7 Å². The molecule has 0 saturated heterocycles. The summed E-state index contributed by atoms with van der Waals surface area (Å²) in [6, 6.07) is 5.47. The van der Waals surface area contributed by atoms with Gasteiger partial charge in [0, 0.05) is 30.7 Å². The molecule has 6 heteroatoms. The number of ether oxygens (including phenoxy) is 1. The summed E-state index contributed by atoms with van der Waals surface area (Å²) in [6.07, 6.45) is 0. The smallest absolute Gasteiger partial charge is 0.254 e. The molecule has 1 rings (SSSR count). The fourth-order valence-electron chi connectivity index (χ4n) is 1.72. The lowest BCUT2D eigenvalue weighted by molar-refractivity contribution is -0.121. The van der Waals surface area contributed by atoms with Crippen molar-refractivity contribution in [2.45, 2.75) is 6.92 Å². The van der Waals surface area contributed by atoms with Gasteiger partial charge in [-0.3, -0.25) is 9.59 Å². The van der Waals surface area contributed by atoms with E-state index in [9.17, 15) is 9.59 Å². The molecule has 5 nitrogen and oxygen atoms in total. The molecule has 1 aromatic carbocycles. The molecule has 0 aliphatic carbocycles. The molecule has 0 bridgehead atoms. The minimum atomic E-state index is -0.204. The van der Waals surface area contributed by atoms with E-state index < -0.39 is 0 Å². The Labute approximate surface area is 127 Å². The minimum absolute atomic E-state index is 0.0219. The number of hydrogen-bond acceptors (Lipinski definition) is 3. The monoisotopic (exact) mass is 342 g/mol. The van der Waals surface area contributed by atoms with Crippen LogP contribution in [-0.2, 0) is 9.53 Å². The lowest BCUT2D eigenvalue weighted by Gasteiger charge is -2.17. The average Bonchev–Trinajstić information content (AvgIpc) is 2.36. The van der Waals surface area contributed by atoms with Crippen molar-refractivity contribution >= 4 is 27.7 Å². The Hall–Kier alpha value is -1.40. The number of carbonyl (C=O) groups excluding carboxylic acids is 2. The SMILES string of the molecule is COCCNC(=O)CN(C)C(=O)c1cc(C)cc(Br)c1. The van der Waals surface area contributed by atoms with Crippen molar-refractivity contribution < 1.29 is 14.3 Å². The van der Waals surface area contributed by atoms with E-state index in [0.29, 0.717) is 18.7 Å². The number of methoxy groups -OCH3 is 1. The number of likely N-dealkylation sites (N-methyl/N-ethyl adjacent to an activating group) is 1. The summed E-state index contributed by atoms with van der Waals surface area (Å²) >= 11 is 3.36. The molecule has 2 amide bonds. The van der Waals surface area contributed by atoms with Crippen LogP contribution >= 0.6 is 15.9 Å². The van der Waals surface area contributed by atoms with Crippen molar-refractivity contribution in [2.24, 2.45) is 0 Å². The lowest BCUT2D eigenvalue weighted by Crippen LogP contribution is -2.39. The van der Waals surface area contributed by atoms with E-state index in [1.807, 2.05) is 13.0 Å². The summed E-state index contributed by atoms with van der Waals surface area (Å²) in [4.78, 5) is 25.2. The van der Waals surface area contributed by atoms with Crippen molar-refractivity contribution in [1.82, 2.24) is 10.2 Å². The van der Waals surface area contributed by atoms with Crippen LogP contribution in [0.2, 0.25) is 0 Å². The first-order valence-corrected chi connectivity index (χ1v) is 7.01. The molecule has 0 radical (unpaired) electrons. The highest BCUT2D eigenvalue weighted by Gasteiger charge is 2.15. The van der Waals surface area contributed by atoms with E-state index in [2.05, 4.69) is 21.2 Å². The van der Waals surface area contributed by atoms with Crippen LogP contribution in [0.3, 0.4) is 0 Å². The van der Waals surface area contributed by atoms with E-state index in [4.69, 9.17) is 4.74 Å². The van der Waals surface area contributed by atoms with Gasteiger partial charge in [0.1, 0.15) is 0 Å². The summed E-state index contributed by atoms with van der Waals surface area (Å²) in [5.74, 6) is -0.388. The van der Waals surface area contributed by atoms with Crippen LogP contribution in [0.25, 0.3) is 0 Å². The highest BCUT2D eigenvalue weighted by atomic mass is 79.9. The second kappa shape index (κ2) is 8.01. The molecule has 0 aliphatic heterocycles. The summed E-state index contributed by atoms with van der Waals surface area (Å²) in [6.45, 7) is 2.83. The zero-order valence-electron chi connectivity index (χ0n) is 11.9. The lowest BCUT2D eigenvalue weighted by atomic mass is 10.1. The number of nitrogens with zero attached hydrogens (tertiary/aromatic N) is 1.